The van der Waals surface area contributed by atoms with Crippen LogP contribution in [0.3, 0.4) is 0 Å². The molecule has 1 aliphatic carbocycles. The Bertz CT molecular complexity index is 671. The summed E-state index contributed by atoms with van der Waals surface area (Å²) in [7, 11) is -1.83. The third-order valence-corrected chi connectivity index (χ3v) is 6.22. The predicted molar refractivity (Wildman–Crippen MR) is 88.6 cm³/mol. The average Bonchev–Trinajstić information content (AvgIpc) is 3.10. The molecule has 1 heterocycles. The normalized spacial score (nSPS) is 16.9. The Morgan fingerprint density at radius 2 is 2.04 bits per heavy atom. The number of anilines is 1. The van der Waals surface area contributed by atoms with Gasteiger partial charge in [-0.25, -0.2) is 13.1 Å². The minimum Gasteiger partial charge on any atom is -0.381 e. The van der Waals surface area contributed by atoms with Crippen LogP contribution in [-0.2, 0) is 21.4 Å². The first-order valence-electron chi connectivity index (χ1n) is 7.57. The number of aromatic nitrogens is 2. The molecule has 0 bridgehead atoms. The highest BCUT2D eigenvalue weighted by molar-refractivity contribution is 7.91. The van der Waals surface area contributed by atoms with Crippen molar-refractivity contribution in [1.29, 1.82) is 0 Å². The van der Waals surface area contributed by atoms with E-state index in [0.29, 0.717) is 25.1 Å². The first-order valence-corrected chi connectivity index (χ1v) is 9.06. The van der Waals surface area contributed by atoms with Crippen LogP contribution in [0.5, 0.6) is 0 Å². The third-order valence-electron chi connectivity index (χ3n) is 3.65. The van der Waals surface area contributed by atoms with E-state index in [0.717, 1.165) is 0 Å². The van der Waals surface area contributed by atoms with Crippen molar-refractivity contribution in [3.8, 4) is 0 Å². The zero-order valence-electron chi connectivity index (χ0n) is 14.0. The quantitative estimate of drug-likeness (QED) is 0.660. The molecule has 0 aromatic carbocycles. The summed E-state index contributed by atoms with van der Waals surface area (Å²) in [6.45, 7) is 5.95. The molecule has 1 fully saturated rings. The SMILES string of the molecule is CNC(=O)Cn1cc(NCC2(S(=O)(=O)NC(C)(C)C)CC2)cn1. The van der Waals surface area contributed by atoms with Gasteiger partial charge in [0.2, 0.25) is 15.9 Å². The molecule has 8 nitrogen and oxygen atoms in total. The molecule has 1 amide bonds. The minimum atomic E-state index is -3.40. The number of hydrogen-bond donors (Lipinski definition) is 3. The molecule has 1 aliphatic rings. The van der Waals surface area contributed by atoms with Crippen LogP contribution in [0.2, 0.25) is 0 Å². The topological polar surface area (TPSA) is 105 Å². The zero-order valence-corrected chi connectivity index (χ0v) is 14.8. The van der Waals surface area contributed by atoms with E-state index in [-0.39, 0.29) is 12.5 Å². The van der Waals surface area contributed by atoms with E-state index in [9.17, 15) is 13.2 Å². The van der Waals surface area contributed by atoms with Gasteiger partial charge in [0.1, 0.15) is 11.3 Å². The van der Waals surface area contributed by atoms with Gasteiger partial charge in [-0.05, 0) is 33.6 Å². The Labute approximate surface area is 137 Å². The van der Waals surface area contributed by atoms with Crippen LogP contribution in [0.1, 0.15) is 33.6 Å². The summed E-state index contributed by atoms with van der Waals surface area (Å²) in [5.74, 6) is -0.143. The van der Waals surface area contributed by atoms with E-state index in [1.165, 1.54) is 4.68 Å². The summed E-state index contributed by atoms with van der Waals surface area (Å²) in [5, 5.41) is 9.71. The number of nitrogens with zero attached hydrogens (tertiary/aromatic N) is 2. The van der Waals surface area contributed by atoms with Crippen molar-refractivity contribution in [1.82, 2.24) is 19.8 Å². The number of nitrogens with one attached hydrogen (secondary N) is 3. The molecule has 0 unspecified atom stereocenters. The molecule has 1 saturated carbocycles. The second-order valence-electron chi connectivity index (χ2n) is 6.99. The highest BCUT2D eigenvalue weighted by Crippen LogP contribution is 2.43. The van der Waals surface area contributed by atoms with Gasteiger partial charge in [0.25, 0.3) is 0 Å². The molecule has 130 valence electrons. The highest BCUT2D eigenvalue weighted by Gasteiger charge is 2.55. The average molecular weight is 343 g/mol. The summed E-state index contributed by atoms with van der Waals surface area (Å²) in [6.07, 6.45) is 4.55. The van der Waals surface area contributed by atoms with Crippen molar-refractivity contribution >= 4 is 21.6 Å². The van der Waals surface area contributed by atoms with Crippen LogP contribution in [0, 0.1) is 0 Å². The van der Waals surface area contributed by atoms with E-state index in [1.54, 1.807) is 19.4 Å². The van der Waals surface area contributed by atoms with Crippen LogP contribution < -0.4 is 15.4 Å². The Morgan fingerprint density at radius 1 is 1.39 bits per heavy atom. The summed E-state index contributed by atoms with van der Waals surface area (Å²) in [5.41, 5.74) is 0.207. The number of hydrogen-bond acceptors (Lipinski definition) is 5. The maximum absolute atomic E-state index is 12.5. The number of amides is 1. The summed E-state index contributed by atoms with van der Waals surface area (Å²) < 4.78 is 28.5. The predicted octanol–water partition coefficient (Wildman–Crippen LogP) is 0.292. The molecule has 1 aromatic rings. The van der Waals surface area contributed by atoms with Crippen molar-refractivity contribution in [2.24, 2.45) is 0 Å². The molecule has 0 aliphatic heterocycles. The summed E-state index contributed by atoms with van der Waals surface area (Å²) >= 11 is 0. The lowest BCUT2D eigenvalue weighted by Gasteiger charge is -2.25. The van der Waals surface area contributed by atoms with Crippen molar-refractivity contribution in [3.63, 3.8) is 0 Å². The standard InChI is InChI=1S/C14H25N5O3S/c1-13(2,3)18-23(21,22)14(5-6-14)10-16-11-7-17-19(8-11)9-12(20)15-4/h7-8,16,18H,5-6,9-10H2,1-4H3,(H,15,20). The Hall–Kier alpha value is -1.61. The molecule has 2 rings (SSSR count). The molecule has 0 atom stereocenters. The molecule has 1 aromatic heterocycles. The largest absolute Gasteiger partial charge is 0.381 e. The van der Waals surface area contributed by atoms with Crippen LogP contribution >= 0.6 is 0 Å². The van der Waals surface area contributed by atoms with Gasteiger partial charge in [-0.15, -0.1) is 0 Å². The maximum atomic E-state index is 12.5. The molecule has 3 N–H and O–H groups in total. The van der Waals surface area contributed by atoms with Crippen LogP contribution in [0.15, 0.2) is 12.4 Å². The zero-order chi connectivity index (χ0) is 17.3. The fourth-order valence-corrected chi connectivity index (χ4v) is 4.15. The molecule has 9 heteroatoms. The molecule has 0 saturated heterocycles. The van der Waals surface area contributed by atoms with Crippen molar-refractivity contribution in [2.75, 3.05) is 18.9 Å². The van der Waals surface area contributed by atoms with Gasteiger partial charge in [-0.3, -0.25) is 9.48 Å². The third kappa shape index (κ3) is 4.44. The molecule has 23 heavy (non-hydrogen) atoms. The Balaban J connectivity index is 1.97. The lowest BCUT2D eigenvalue weighted by molar-refractivity contribution is -0.121. The molecular weight excluding hydrogens is 318 g/mol. The number of sulfonamides is 1. The van der Waals surface area contributed by atoms with E-state index >= 15 is 0 Å². The van der Waals surface area contributed by atoms with E-state index in [2.05, 4.69) is 20.5 Å². The smallest absolute Gasteiger partial charge is 0.241 e. The van der Waals surface area contributed by atoms with Gasteiger partial charge in [-0.1, -0.05) is 0 Å². The Kier molecular flexibility index (Phi) is 4.72. The summed E-state index contributed by atoms with van der Waals surface area (Å²) in [6, 6.07) is 0. The maximum Gasteiger partial charge on any atom is 0.241 e. The van der Waals surface area contributed by atoms with Gasteiger partial charge in [0.15, 0.2) is 0 Å². The second-order valence-corrected chi connectivity index (χ2v) is 9.07. The fraction of sp³-hybridized carbons (Fsp3) is 0.714. The van der Waals surface area contributed by atoms with Crippen molar-refractivity contribution < 1.29 is 13.2 Å². The van der Waals surface area contributed by atoms with Crippen LogP contribution in [0.4, 0.5) is 5.69 Å². The van der Waals surface area contributed by atoms with Crippen molar-refractivity contribution in [2.45, 2.75) is 50.4 Å². The van der Waals surface area contributed by atoms with Gasteiger partial charge in [0.05, 0.1) is 11.9 Å². The first kappa shape index (κ1) is 17.7. The van der Waals surface area contributed by atoms with Gasteiger partial charge in [-0.2, -0.15) is 5.10 Å². The number of rotatable bonds is 7. The highest BCUT2D eigenvalue weighted by atomic mass is 32.2. The molecule has 0 spiro atoms. The van der Waals surface area contributed by atoms with E-state index in [1.807, 2.05) is 20.8 Å². The van der Waals surface area contributed by atoms with Crippen molar-refractivity contribution in [3.05, 3.63) is 12.4 Å². The second kappa shape index (κ2) is 6.12. The number of carbonyl (C=O) groups excluding carboxylic acids is 1. The minimum absolute atomic E-state index is 0.132. The summed E-state index contributed by atoms with van der Waals surface area (Å²) in [4.78, 5) is 11.3. The van der Waals surface area contributed by atoms with Crippen LogP contribution in [-0.4, -0.2) is 48.0 Å². The molecule has 0 radical (unpaired) electrons. The lowest BCUT2D eigenvalue weighted by atomic mass is 10.1. The Morgan fingerprint density at radius 3 is 2.57 bits per heavy atom. The van der Waals surface area contributed by atoms with Gasteiger partial charge < -0.3 is 10.6 Å². The molecular formula is C14H25N5O3S. The number of likely N-dealkylation sites (N-methyl/N-ethyl adjacent to an activating group) is 1. The first-order chi connectivity index (χ1) is 10.6. The van der Waals surface area contributed by atoms with Crippen LogP contribution in [0.25, 0.3) is 0 Å². The van der Waals surface area contributed by atoms with E-state index < -0.39 is 20.3 Å². The monoisotopic (exact) mass is 343 g/mol. The lowest BCUT2D eigenvalue weighted by Crippen LogP contribution is -2.48. The van der Waals surface area contributed by atoms with Gasteiger partial charge in [0, 0.05) is 25.3 Å². The van der Waals surface area contributed by atoms with E-state index in [4.69, 9.17) is 0 Å². The van der Waals surface area contributed by atoms with Gasteiger partial charge >= 0.3 is 0 Å². The number of carbonyl (C=O) groups is 1. The fourth-order valence-electron chi connectivity index (χ4n) is 2.22.